The number of amides is 2. The predicted molar refractivity (Wildman–Crippen MR) is 146 cm³/mol. The zero-order valence-electron chi connectivity index (χ0n) is 21.6. The summed E-state index contributed by atoms with van der Waals surface area (Å²) in [5.41, 5.74) is 5.51. The summed E-state index contributed by atoms with van der Waals surface area (Å²) in [7, 11) is 0. The molecule has 0 saturated carbocycles. The van der Waals surface area contributed by atoms with E-state index in [4.69, 9.17) is 9.84 Å². The number of carbonyl (C=O) groups is 3. The number of carboxylic acids is 1. The van der Waals surface area contributed by atoms with Gasteiger partial charge in [0, 0.05) is 31.5 Å². The third kappa shape index (κ3) is 6.79. The minimum atomic E-state index is -0.960. The monoisotopic (exact) mass is 514 g/mol. The fourth-order valence-corrected chi connectivity index (χ4v) is 5.05. The number of aliphatic carboxylic acids is 1. The van der Waals surface area contributed by atoms with E-state index < -0.39 is 18.1 Å². The van der Waals surface area contributed by atoms with Crippen molar-refractivity contribution in [1.29, 1.82) is 0 Å². The van der Waals surface area contributed by atoms with Crippen LogP contribution in [0.15, 0.2) is 78.9 Å². The highest BCUT2D eigenvalue weighted by Gasteiger charge is 2.29. The molecule has 0 aliphatic heterocycles. The molecule has 38 heavy (non-hydrogen) atoms. The highest BCUT2D eigenvalue weighted by atomic mass is 16.5. The maximum atomic E-state index is 13.2. The van der Waals surface area contributed by atoms with Crippen molar-refractivity contribution in [3.8, 4) is 11.1 Å². The fraction of sp³-hybridized carbons (Fsp3) is 0.323. The van der Waals surface area contributed by atoms with Crippen molar-refractivity contribution in [3.05, 3.63) is 95.6 Å². The summed E-state index contributed by atoms with van der Waals surface area (Å²) in [4.78, 5) is 38.8. The van der Waals surface area contributed by atoms with Gasteiger partial charge in [0.2, 0.25) is 5.91 Å². The lowest BCUT2D eigenvalue weighted by Gasteiger charge is -2.25. The van der Waals surface area contributed by atoms with Gasteiger partial charge in [0.15, 0.2) is 0 Å². The standard InChI is InChI=1S/C31H34N2O5/c1-2-10-23(19-29(34)33(18-17-30(35)36)20-22-11-4-3-5-12-22)32-31(37)38-21-28-26-15-8-6-13-24(26)25-14-7-9-16-27(25)28/h3-9,11-16,23,28H,2,10,17-21H2,1H3,(H,32,37)(H,35,36)/t23-/m1/s1. The van der Waals surface area contributed by atoms with Gasteiger partial charge in [-0.3, -0.25) is 9.59 Å². The molecule has 0 bridgehead atoms. The first-order valence-electron chi connectivity index (χ1n) is 13.1. The second-order valence-corrected chi connectivity index (χ2v) is 9.60. The third-order valence-electron chi connectivity index (χ3n) is 6.89. The molecule has 0 spiro atoms. The van der Waals surface area contributed by atoms with Crippen molar-refractivity contribution in [2.24, 2.45) is 0 Å². The fourth-order valence-electron chi connectivity index (χ4n) is 5.05. The van der Waals surface area contributed by atoms with Crippen LogP contribution in [-0.2, 0) is 20.9 Å². The molecular formula is C31H34N2O5. The van der Waals surface area contributed by atoms with E-state index in [1.54, 1.807) is 4.90 Å². The molecule has 0 fully saturated rings. The van der Waals surface area contributed by atoms with E-state index in [1.165, 1.54) is 0 Å². The maximum absolute atomic E-state index is 13.2. The molecule has 2 N–H and O–H groups in total. The lowest BCUT2D eigenvalue weighted by Crippen LogP contribution is -2.41. The summed E-state index contributed by atoms with van der Waals surface area (Å²) in [5.74, 6) is -1.21. The minimum Gasteiger partial charge on any atom is -0.481 e. The van der Waals surface area contributed by atoms with Gasteiger partial charge in [-0.2, -0.15) is 0 Å². The topological polar surface area (TPSA) is 95.9 Å². The van der Waals surface area contributed by atoms with E-state index in [1.807, 2.05) is 61.5 Å². The van der Waals surface area contributed by atoms with Crippen molar-refractivity contribution in [2.75, 3.05) is 13.2 Å². The summed E-state index contributed by atoms with van der Waals surface area (Å²) in [5, 5.41) is 12.0. The van der Waals surface area contributed by atoms with Crippen LogP contribution in [0.5, 0.6) is 0 Å². The first-order valence-corrected chi connectivity index (χ1v) is 13.1. The van der Waals surface area contributed by atoms with Crippen LogP contribution in [0.25, 0.3) is 11.1 Å². The molecule has 3 aromatic carbocycles. The van der Waals surface area contributed by atoms with Gasteiger partial charge < -0.3 is 20.1 Å². The van der Waals surface area contributed by atoms with Crippen LogP contribution in [-0.4, -0.2) is 47.2 Å². The minimum absolute atomic E-state index is 0.0446. The van der Waals surface area contributed by atoms with Crippen molar-refractivity contribution >= 4 is 18.0 Å². The Kier molecular flexibility index (Phi) is 9.14. The van der Waals surface area contributed by atoms with E-state index in [0.717, 1.165) is 34.2 Å². The van der Waals surface area contributed by atoms with Crippen LogP contribution in [0.4, 0.5) is 4.79 Å². The molecular weight excluding hydrogens is 480 g/mol. The Labute approximate surface area is 223 Å². The summed E-state index contributed by atoms with van der Waals surface area (Å²) in [6.45, 7) is 2.61. The molecule has 0 saturated heterocycles. The second kappa shape index (κ2) is 12.9. The maximum Gasteiger partial charge on any atom is 0.407 e. The summed E-state index contributed by atoms with van der Waals surface area (Å²) >= 11 is 0. The first kappa shape index (κ1) is 26.9. The third-order valence-corrected chi connectivity index (χ3v) is 6.89. The van der Waals surface area contributed by atoms with Gasteiger partial charge >= 0.3 is 12.1 Å². The zero-order valence-corrected chi connectivity index (χ0v) is 21.6. The number of nitrogens with zero attached hydrogens (tertiary/aromatic N) is 1. The largest absolute Gasteiger partial charge is 0.481 e. The van der Waals surface area contributed by atoms with Gasteiger partial charge in [0.25, 0.3) is 0 Å². The lowest BCUT2D eigenvalue weighted by atomic mass is 9.98. The van der Waals surface area contributed by atoms with Crippen molar-refractivity contribution in [2.45, 2.75) is 51.1 Å². The average Bonchev–Trinajstić information content (AvgIpc) is 3.24. The molecule has 0 radical (unpaired) electrons. The molecule has 0 heterocycles. The van der Waals surface area contributed by atoms with E-state index >= 15 is 0 Å². The highest BCUT2D eigenvalue weighted by molar-refractivity contribution is 5.80. The van der Waals surface area contributed by atoms with Crippen LogP contribution in [0.3, 0.4) is 0 Å². The summed E-state index contributed by atoms with van der Waals surface area (Å²) in [6.07, 6.45) is 0.753. The van der Waals surface area contributed by atoms with Crippen molar-refractivity contribution in [1.82, 2.24) is 10.2 Å². The summed E-state index contributed by atoms with van der Waals surface area (Å²) in [6, 6.07) is 25.4. The van der Waals surface area contributed by atoms with E-state index in [-0.39, 0.29) is 37.8 Å². The first-order chi connectivity index (χ1) is 18.5. The molecule has 198 valence electrons. The van der Waals surface area contributed by atoms with Crippen LogP contribution >= 0.6 is 0 Å². The van der Waals surface area contributed by atoms with E-state index in [0.29, 0.717) is 13.0 Å². The number of hydrogen-bond acceptors (Lipinski definition) is 4. The predicted octanol–water partition coefficient (Wildman–Crippen LogP) is 5.59. The highest BCUT2D eigenvalue weighted by Crippen LogP contribution is 2.44. The Bertz CT molecular complexity index is 1210. The Morgan fingerprint density at radius 3 is 2.13 bits per heavy atom. The molecule has 7 nitrogen and oxygen atoms in total. The Morgan fingerprint density at radius 1 is 0.921 bits per heavy atom. The number of benzene rings is 3. The van der Waals surface area contributed by atoms with E-state index in [9.17, 15) is 14.4 Å². The molecule has 1 atom stereocenters. The Hall–Kier alpha value is -4.13. The zero-order chi connectivity index (χ0) is 26.9. The molecule has 0 unspecified atom stereocenters. The number of alkyl carbamates (subject to hydrolysis) is 1. The molecule has 0 aromatic heterocycles. The number of hydrogen-bond donors (Lipinski definition) is 2. The molecule has 1 aliphatic rings. The number of ether oxygens (including phenoxy) is 1. The number of carboxylic acid groups (broad SMARTS) is 1. The number of rotatable bonds is 12. The normalized spacial score (nSPS) is 12.8. The van der Waals surface area contributed by atoms with Gasteiger partial charge in [-0.25, -0.2) is 4.79 Å². The van der Waals surface area contributed by atoms with Gasteiger partial charge in [0.05, 0.1) is 6.42 Å². The van der Waals surface area contributed by atoms with Crippen molar-refractivity contribution in [3.63, 3.8) is 0 Å². The lowest BCUT2D eigenvalue weighted by molar-refractivity contribution is -0.138. The smallest absolute Gasteiger partial charge is 0.407 e. The second-order valence-electron chi connectivity index (χ2n) is 9.60. The van der Waals surface area contributed by atoms with Gasteiger partial charge in [-0.05, 0) is 34.2 Å². The van der Waals surface area contributed by atoms with E-state index in [2.05, 4.69) is 29.6 Å². The molecule has 4 rings (SSSR count). The quantitative estimate of drug-likeness (QED) is 0.329. The van der Waals surface area contributed by atoms with Gasteiger partial charge in [-0.15, -0.1) is 0 Å². The number of nitrogens with one attached hydrogen (secondary N) is 1. The summed E-state index contributed by atoms with van der Waals surface area (Å²) < 4.78 is 5.68. The van der Waals surface area contributed by atoms with Crippen LogP contribution in [0, 0.1) is 0 Å². The number of carbonyl (C=O) groups excluding carboxylic acids is 2. The van der Waals surface area contributed by atoms with Crippen LogP contribution in [0.2, 0.25) is 0 Å². The van der Waals surface area contributed by atoms with Crippen LogP contribution < -0.4 is 5.32 Å². The molecule has 2 amide bonds. The van der Waals surface area contributed by atoms with Crippen LogP contribution in [0.1, 0.15) is 55.2 Å². The van der Waals surface area contributed by atoms with Crippen molar-refractivity contribution < 1.29 is 24.2 Å². The SMILES string of the molecule is CCC[C@H](CC(=O)N(CCC(=O)O)Cc1ccccc1)NC(=O)OCC1c2ccccc2-c2ccccc21. The molecule has 7 heteroatoms. The Morgan fingerprint density at radius 2 is 1.53 bits per heavy atom. The average molecular weight is 515 g/mol. The Balaban J connectivity index is 1.38. The van der Waals surface area contributed by atoms with Gasteiger partial charge in [0.1, 0.15) is 6.61 Å². The van der Waals surface area contributed by atoms with Gasteiger partial charge in [-0.1, -0.05) is 92.2 Å². The molecule has 1 aliphatic carbocycles. The number of fused-ring (bicyclic) bond motifs is 3. The molecule has 3 aromatic rings.